The van der Waals surface area contributed by atoms with Crippen molar-refractivity contribution in [2.75, 3.05) is 20.1 Å². The van der Waals surface area contributed by atoms with E-state index in [-0.39, 0.29) is 0 Å². The van der Waals surface area contributed by atoms with Crippen LogP contribution in [0.4, 0.5) is 0 Å². The first kappa shape index (κ1) is 16.1. The van der Waals surface area contributed by atoms with Crippen molar-refractivity contribution in [3.05, 3.63) is 29.6 Å². The highest BCUT2D eigenvalue weighted by molar-refractivity contribution is 5.09. The minimum Gasteiger partial charge on any atom is -0.313 e. The first-order chi connectivity index (χ1) is 9.15. The number of hydrogen-bond acceptors (Lipinski definition) is 3. The van der Waals surface area contributed by atoms with Crippen LogP contribution in [0.15, 0.2) is 18.2 Å². The summed E-state index contributed by atoms with van der Waals surface area (Å²) < 4.78 is 0. The lowest BCUT2D eigenvalue weighted by Crippen LogP contribution is -2.39. The molecular weight excluding hydrogens is 234 g/mol. The van der Waals surface area contributed by atoms with Gasteiger partial charge in [-0.15, -0.1) is 0 Å². The van der Waals surface area contributed by atoms with E-state index in [2.05, 4.69) is 48.2 Å². The van der Waals surface area contributed by atoms with Gasteiger partial charge < -0.3 is 5.32 Å². The maximum atomic E-state index is 4.57. The molecule has 1 heterocycles. The molecule has 0 saturated carbocycles. The van der Waals surface area contributed by atoms with Crippen molar-refractivity contribution in [1.82, 2.24) is 15.2 Å². The molecule has 0 aliphatic heterocycles. The first-order valence-electron chi connectivity index (χ1n) is 7.50. The molecule has 0 aromatic carbocycles. The number of nitrogens with one attached hydrogen (secondary N) is 1. The molecule has 1 rings (SSSR count). The van der Waals surface area contributed by atoms with E-state index in [1.807, 2.05) is 13.0 Å². The Hall–Kier alpha value is -0.930. The van der Waals surface area contributed by atoms with Gasteiger partial charge in [0, 0.05) is 24.8 Å². The van der Waals surface area contributed by atoms with Crippen LogP contribution in [0.2, 0.25) is 0 Å². The maximum Gasteiger partial charge on any atom is 0.0547 e. The lowest BCUT2D eigenvalue weighted by Gasteiger charge is -2.24. The van der Waals surface area contributed by atoms with Crippen LogP contribution in [0.5, 0.6) is 0 Å². The molecule has 1 aromatic rings. The lowest BCUT2D eigenvalue weighted by atomic mass is 10.1. The number of pyridine rings is 1. The van der Waals surface area contributed by atoms with Crippen molar-refractivity contribution in [3.63, 3.8) is 0 Å². The summed E-state index contributed by atoms with van der Waals surface area (Å²) in [7, 11) is 2.18. The van der Waals surface area contributed by atoms with Crippen LogP contribution in [-0.2, 0) is 6.54 Å². The topological polar surface area (TPSA) is 28.2 Å². The van der Waals surface area contributed by atoms with E-state index in [0.29, 0.717) is 6.04 Å². The first-order valence-corrected chi connectivity index (χ1v) is 7.50. The Morgan fingerprint density at radius 3 is 2.68 bits per heavy atom. The second-order valence-corrected chi connectivity index (χ2v) is 5.41. The highest BCUT2D eigenvalue weighted by Crippen LogP contribution is 2.05. The Morgan fingerprint density at radius 1 is 1.26 bits per heavy atom. The van der Waals surface area contributed by atoms with Crippen LogP contribution >= 0.6 is 0 Å². The fraction of sp³-hybridized carbons (Fsp3) is 0.688. The van der Waals surface area contributed by atoms with E-state index >= 15 is 0 Å². The number of aryl methyl sites for hydroxylation is 1. The number of hydrogen-bond donors (Lipinski definition) is 1. The van der Waals surface area contributed by atoms with Gasteiger partial charge in [0.25, 0.3) is 0 Å². The van der Waals surface area contributed by atoms with Gasteiger partial charge in [-0.05, 0) is 45.5 Å². The zero-order chi connectivity index (χ0) is 14.1. The van der Waals surface area contributed by atoms with E-state index < -0.39 is 0 Å². The Labute approximate surface area is 118 Å². The van der Waals surface area contributed by atoms with Gasteiger partial charge in [0.1, 0.15) is 0 Å². The number of nitrogens with zero attached hydrogens (tertiary/aromatic N) is 2. The number of aromatic nitrogens is 1. The van der Waals surface area contributed by atoms with Crippen molar-refractivity contribution in [2.45, 2.75) is 52.6 Å². The second-order valence-electron chi connectivity index (χ2n) is 5.41. The molecule has 0 bridgehead atoms. The quantitative estimate of drug-likeness (QED) is 0.742. The van der Waals surface area contributed by atoms with E-state index in [1.54, 1.807) is 0 Å². The Kier molecular flexibility index (Phi) is 7.68. The largest absolute Gasteiger partial charge is 0.313 e. The highest BCUT2D eigenvalue weighted by Gasteiger charge is 2.10. The molecule has 0 spiro atoms. The van der Waals surface area contributed by atoms with E-state index in [1.165, 1.54) is 19.3 Å². The SMILES string of the molecule is CCCNC(CCC)CN(C)Cc1cccc(C)n1. The molecule has 3 nitrogen and oxygen atoms in total. The number of rotatable bonds is 9. The highest BCUT2D eigenvalue weighted by atomic mass is 15.1. The van der Waals surface area contributed by atoms with Gasteiger partial charge in [0.15, 0.2) is 0 Å². The minimum atomic E-state index is 0.597. The Balaban J connectivity index is 2.44. The third kappa shape index (κ3) is 6.69. The Morgan fingerprint density at radius 2 is 2.05 bits per heavy atom. The third-order valence-electron chi connectivity index (χ3n) is 3.23. The van der Waals surface area contributed by atoms with Gasteiger partial charge >= 0.3 is 0 Å². The molecular formula is C16H29N3. The van der Waals surface area contributed by atoms with Crippen LogP contribution in [0, 0.1) is 6.92 Å². The third-order valence-corrected chi connectivity index (χ3v) is 3.23. The zero-order valence-corrected chi connectivity index (χ0v) is 12.9. The molecule has 108 valence electrons. The van der Waals surface area contributed by atoms with E-state index in [0.717, 1.165) is 31.0 Å². The summed E-state index contributed by atoms with van der Waals surface area (Å²) in [6, 6.07) is 6.84. The average molecular weight is 263 g/mol. The molecule has 1 aromatic heterocycles. The van der Waals surface area contributed by atoms with Gasteiger partial charge in [-0.3, -0.25) is 9.88 Å². The Bertz CT molecular complexity index is 352. The van der Waals surface area contributed by atoms with Crippen LogP contribution in [0.25, 0.3) is 0 Å². The molecule has 1 unspecified atom stereocenters. The molecule has 0 aliphatic carbocycles. The van der Waals surface area contributed by atoms with Crippen molar-refractivity contribution in [2.24, 2.45) is 0 Å². The van der Waals surface area contributed by atoms with E-state index in [9.17, 15) is 0 Å². The lowest BCUT2D eigenvalue weighted by molar-refractivity contribution is 0.270. The zero-order valence-electron chi connectivity index (χ0n) is 12.9. The standard InChI is InChI=1S/C16H29N3/c1-5-8-15(17-11-6-2)12-19(4)13-16-10-7-9-14(3)18-16/h7,9-10,15,17H,5-6,8,11-13H2,1-4H3. The second kappa shape index (κ2) is 9.05. The van der Waals surface area contributed by atoms with E-state index in [4.69, 9.17) is 0 Å². The fourth-order valence-corrected chi connectivity index (χ4v) is 2.36. The molecule has 3 heteroatoms. The van der Waals surface area contributed by atoms with Crippen molar-refractivity contribution >= 4 is 0 Å². The average Bonchev–Trinajstić information content (AvgIpc) is 2.36. The molecule has 1 N–H and O–H groups in total. The summed E-state index contributed by atoms with van der Waals surface area (Å²) in [5.74, 6) is 0. The normalized spacial score (nSPS) is 12.9. The molecule has 0 aliphatic rings. The minimum absolute atomic E-state index is 0.597. The van der Waals surface area contributed by atoms with Crippen LogP contribution in [0.3, 0.4) is 0 Å². The van der Waals surface area contributed by atoms with Crippen LogP contribution < -0.4 is 5.32 Å². The van der Waals surface area contributed by atoms with Gasteiger partial charge in [-0.25, -0.2) is 0 Å². The van der Waals surface area contributed by atoms with Crippen molar-refractivity contribution < 1.29 is 0 Å². The van der Waals surface area contributed by atoms with Crippen molar-refractivity contribution in [3.8, 4) is 0 Å². The molecule has 0 radical (unpaired) electrons. The maximum absolute atomic E-state index is 4.57. The van der Waals surface area contributed by atoms with Gasteiger partial charge in [-0.2, -0.15) is 0 Å². The van der Waals surface area contributed by atoms with Crippen LogP contribution in [0.1, 0.15) is 44.5 Å². The predicted molar refractivity (Wildman–Crippen MR) is 82.3 cm³/mol. The fourth-order valence-electron chi connectivity index (χ4n) is 2.36. The summed E-state index contributed by atoms with van der Waals surface area (Å²) in [6.45, 7) is 9.64. The molecule has 0 amide bonds. The smallest absolute Gasteiger partial charge is 0.0547 e. The summed E-state index contributed by atoms with van der Waals surface area (Å²) in [6.07, 6.45) is 3.67. The van der Waals surface area contributed by atoms with Gasteiger partial charge in [-0.1, -0.05) is 26.3 Å². The number of likely N-dealkylation sites (N-methyl/N-ethyl adjacent to an activating group) is 1. The predicted octanol–water partition coefficient (Wildman–Crippen LogP) is 2.99. The molecule has 0 fully saturated rings. The summed E-state index contributed by atoms with van der Waals surface area (Å²) >= 11 is 0. The van der Waals surface area contributed by atoms with Crippen LogP contribution in [-0.4, -0.2) is 36.1 Å². The summed E-state index contributed by atoms with van der Waals surface area (Å²) in [4.78, 5) is 6.93. The van der Waals surface area contributed by atoms with Gasteiger partial charge in [0.05, 0.1) is 5.69 Å². The van der Waals surface area contributed by atoms with Gasteiger partial charge in [0.2, 0.25) is 0 Å². The molecule has 1 atom stereocenters. The summed E-state index contributed by atoms with van der Waals surface area (Å²) in [5, 5.41) is 3.64. The molecule has 19 heavy (non-hydrogen) atoms. The monoisotopic (exact) mass is 263 g/mol. The summed E-state index contributed by atoms with van der Waals surface area (Å²) in [5.41, 5.74) is 2.26. The molecule has 0 saturated heterocycles. The van der Waals surface area contributed by atoms with Crippen molar-refractivity contribution in [1.29, 1.82) is 0 Å².